The molecule has 3 rings (SSSR count). The maximum atomic E-state index is 13.1. The van der Waals surface area contributed by atoms with Crippen molar-refractivity contribution in [3.63, 3.8) is 0 Å². The monoisotopic (exact) mass is 415 g/mol. The van der Waals surface area contributed by atoms with Gasteiger partial charge in [0.15, 0.2) is 5.13 Å². The molecule has 0 radical (unpaired) electrons. The topological polar surface area (TPSA) is 88.2 Å². The van der Waals surface area contributed by atoms with Crippen molar-refractivity contribution in [2.75, 3.05) is 16.3 Å². The molecule has 0 atom stereocenters. The van der Waals surface area contributed by atoms with E-state index in [1.165, 1.54) is 30.3 Å². The van der Waals surface area contributed by atoms with Gasteiger partial charge in [-0.25, -0.2) is 13.4 Å². The van der Waals surface area contributed by atoms with Crippen LogP contribution in [0.4, 0.5) is 24.0 Å². The van der Waals surface area contributed by atoms with Crippen molar-refractivity contribution in [3.8, 4) is 0 Å². The molecule has 142 valence electrons. The third kappa shape index (κ3) is 4.55. The van der Waals surface area contributed by atoms with Gasteiger partial charge in [0.25, 0.3) is 5.91 Å². The molecule has 3 aromatic rings. The fourth-order valence-electron chi connectivity index (χ4n) is 2.33. The van der Waals surface area contributed by atoms with E-state index in [1.807, 2.05) is 0 Å². The first kappa shape index (κ1) is 19.1. The number of carbonyl (C=O) groups is 1. The van der Waals surface area contributed by atoms with Crippen LogP contribution in [0.1, 0.15) is 15.9 Å². The van der Waals surface area contributed by atoms with E-state index in [2.05, 4.69) is 15.0 Å². The van der Waals surface area contributed by atoms with Gasteiger partial charge in [0.1, 0.15) is 0 Å². The van der Waals surface area contributed by atoms with Crippen LogP contribution in [0.5, 0.6) is 0 Å². The Balaban J connectivity index is 1.88. The fraction of sp³-hybridized carbons (Fsp3) is 0.125. The predicted octanol–water partition coefficient (Wildman–Crippen LogP) is 3.94. The van der Waals surface area contributed by atoms with E-state index in [9.17, 15) is 26.4 Å². The average molecular weight is 415 g/mol. The Labute approximate surface area is 156 Å². The SMILES string of the molecule is CS(=O)(=O)Nc1nc2ccc(NC(=O)c3ccccc3C(F)(F)F)cc2s1. The quantitative estimate of drug-likeness (QED) is 0.676. The molecule has 0 saturated carbocycles. The Morgan fingerprint density at radius 1 is 1.15 bits per heavy atom. The number of carbonyl (C=O) groups excluding carboxylic acids is 1. The molecule has 0 aliphatic heterocycles. The summed E-state index contributed by atoms with van der Waals surface area (Å²) in [7, 11) is -3.49. The van der Waals surface area contributed by atoms with E-state index in [-0.39, 0.29) is 10.8 Å². The van der Waals surface area contributed by atoms with Gasteiger partial charge in [-0.15, -0.1) is 0 Å². The number of fused-ring (bicyclic) bond motifs is 1. The maximum Gasteiger partial charge on any atom is 0.417 e. The molecule has 0 aliphatic carbocycles. The molecule has 1 amide bonds. The summed E-state index contributed by atoms with van der Waals surface area (Å²) in [5.74, 6) is -0.902. The fourth-order valence-corrected chi connectivity index (χ4v) is 4.07. The Hall–Kier alpha value is -2.66. The summed E-state index contributed by atoms with van der Waals surface area (Å²) in [5, 5.41) is 2.57. The zero-order valence-corrected chi connectivity index (χ0v) is 15.3. The molecule has 0 saturated heterocycles. The summed E-state index contributed by atoms with van der Waals surface area (Å²) in [4.78, 5) is 16.4. The number of amides is 1. The number of hydrogen-bond acceptors (Lipinski definition) is 5. The Kier molecular flexibility index (Phi) is 4.82. The van der Waals surface area contributed by atoms with Gasteiger partial charge >= 0.3 is 6.18 Å². The smallest absolute Gasteiger partial charge is 0.322 e. The number of halogens is 3. The van der Waals surface area contributed by atoms with Gasteiger partial charge in [0, 0.05) is 5.69 Å². The van der Waals surface area contributed by atoms with Crippen LogP contribution in [0.15, 0.2) is 42.5 Å². The van der Waals surface area contributed by atoms with Gasteiger partial charge in [-0.2, -0.15) is 13.2 Å². The number of anilines is 2. The van der Waals surface area contributed by atoms with Crippen LogP contribution in [-0.4, -0.2) is 25.6 Å². The van der Waals surface area contributed by atoms with Gasteiger partial charge in [0.05, 0.1) is 27.6 Å². The molecule has 0 aliphatic rings. The number of alkyl halides is 3. The molecule has 6 nitrogen and oxygen atoms in total. The number of thiazole rings is 1. The van der Waals surface area contributed by atoms with Gasteiger partial charge in [-0.05, 0) is 30.3 Å². The number of rotatable bonds is 4. The molecular weight excluding hydrogens is 403 g/mol. The molecule has 0 spiro atoms. The molecule has 0 bridgehead atoms. The third-order valence-electron chi connectivity index (χ3n) is 3.40. The second-order valence-electron chi connectivity index (χ2n) is 5.57. The van der Waals surface area contributed by atoms with E-state index in [0.29, 0.717) is 10.2 Å². The minimum atomic E-state index is -4.65. The maximum absolute atomic E-state index is 13.1. The molecule has 27 heavy (non-hydrogen) atoms. The summed E-state index contributed by atoms with van der Waals surface area (Å²) in [5.41, 5.74) is -0.770. The van der Waals surface area contributed by atoms with Crippen molar-refractivity contribution < 1.29 is 26.4 Å². The Morgan fingerprint density at radius 3 is 2.52 bits per heavy atom. The summed E-state index contributed by atoms with van der Waals surface area (Å²) >= 11 is 1.04. The normalized spacial score (nSPS) is 12.1. The van der Waals surface area contributed by atoms with Crippen LogP contribution >= 0.6 is 11.3 Å². The van der Waals surface area contributed by atoms with Gasteiger partial charge in [-0.1, -0.05) is 23.5 Å². The predicted molar refractivity (Wildman–Crippen MR) is 97.5 cm³/mol. The molecule has 2 aromatic carbocycles. The Morgan fingerprint density at radius 2 is 1.85 bits per heavy atom. The first-order chi connectivity index (χ1) is 12.5. The molecule has 0 unspecified atom stereocenters. The second kappa shape index (κ2) is 6.82. The third-order valence-corrected chi connectivity index (χ3v) is 5.02. The van der Waals surface area contributed by atoms with Gasteiger partial charge in [-0.3, -0.25) is 9.52 Å². The number of nitrogens with zero attached hydrogens (tertiary/aromatic N) is 1. The summed E-state index contributed by atoms with van der Waals surface area (Å²) in [6.45, 7) is 0. The van der Waals surface area contributed by atoms with E-state index >= 15 is 0 Å². The van der Waals surface area contributed by atoms with Gasteiger partial charge in [0.2, 0.25) is 10.0 Å². The molecule has 11 heteroatoms. The highest BCUT2D eigenvalue weighted by molar-refractivity contribution is 7.92. The highest BCUT2D eigenvalue weighted by Crippen LogP contribution is 2.33. The van der Waals surface area contributed by atoms with Crippen LogP contribution in [0.25, 0.3) is 10.2 Å². The Bertz CT molecular complexity index is 1120. The first-order valence-electron chi connectivity index (χ1n) is 7.39. The van der Waals surface area contributed by atoms with Crippen molar-refractivity contribution >= 4 is 48.3 Å². The number of aromatic nitrogens is 1. The number of hydrogen-bond donors (Lipinski definition) is 2. The number of nitrogens with one attached hydrogen (secondary N) is 2. The minimum absolute atomic E-state index is 0.151. The van der Waals surface area contributed by atoms with Crippen molar-refractivity contribution in [2.45, 2.75) is 6.18 Å². The molecule has 0 fully saturated rings. The lowest BCUT2D eigenvalue weighted by atomic mass is 10.1. The van der Waals surface area contributed by atoms with Crippen LogP contribution in [0.2, 0.25) is 0 Å². The summed E-state index contributed by atoms with van der Waals surface area (Å²) < 4.78 is 64.5. The zero-order valence-electron chi connectivity index (χ0n) is 13.7. The largest absolute Gasteiger partial charge is 0.417 e. The molecule has 2 N–H and O–H groups in total. The minimum Gasteiger partial charge on any atom is -0.322 e. The first-order valence-corrected chi connectivity index (χ1v) is 10.1. The van der Waals surface area contributed by atoms with Crippen LogP contribution in [-0.2, 0) is 16.2 Å². The van der Waals surface area contributed by atoms with Crippen molar-refractivity contribution in [1.29, 1.82) is 0 Å². The standard InChI is InChI=1S/C16H12F3N3O3S2/c1-27(24,25)22-15-21-12-7-6-9(8-13(12)26-15)20-14(23)10-4-2-3-5-11(10)16(17,18)19/h2-8H,1H3,(H,20,23)(H,21,22). The van der Waals surface area contributed by atoms with Gasteiger partial charge < -0.3 is 5.32 Å². The van der Waals surface area contributed by atoms with Crippen molar-refractivity contribution in [2.24, 2.45) is 0 Å². The van der Waals surface area contributed by atoms with Crippen molar-refractivity contribution in [3.05, 3.63) is 53.6 Å². The van der Waals surface area contributed by atoms with Crippen molar-refractivity contribution in [1.82, 2.24) is 4.98 Å². The molecule has 1 aromatic heterocycles. The van der Waals surface area contributed by atoms with Crippen LogP contribution in [0.3, 0.4) is 0 Å². The summed E-state index contributed by atoms with van der Waals surface area (Å²) in [6, 6.07) is 9.00. The average Bonchev–Trinajstić information content (AvgIpc) is 2.93. The van der Waals surface area contributed by atoms with E-state index in [0.717, 1.165) is 29.7 Å². The number of benzene rings is 2. The highest BCUT2D eigenvalue weighted by Gasteiger charge is 2.34. The zero-order chi connectivity index (χ0) is 19.8. The highest BCUT2D eigenvalue weighted by atomic mass is 32.2. The summed E-state index contributed by atoms with van der Waals surface area (Å²) in [6.07, 6.45) is -3.66. The lowest BCUT2D eigenvalue weighted by Crippen LogP contribution is -2.18. The number of sulfonamides is 1. The molecular formula is C16H12F3N3O3S2. The lowest BCUT2D eigenvalue weighted by Gasteiger charge is -2.12. The van der Waals surface area contributed by atoms with Crippen LogP contribution in [0, 0.1) is 0 Å². The molecule has 1 heterocycles. The second-order valence-corrected chi connectivity index (χ2v) is 8.35. The lowest BCUT2D eigenvalue weighted by molar-refractivity contribution is -0.137. The van der Waals surface area contributed by atoms with E-state index in [1.54, 1.807) is 0 Å². The van der Waals surface area contributed by atoms with Crippen LogP contribution < -0.4 is 10.0 Å². The van der Waals surface area contributed by atoms with E-state index < -0.39 is 33.2 Å². The van der Waals surface area contributed by atoms with E-state index in [4.69, 9.17) is 0 Å².